The van der Waals surface area contributed by atoms with Crippen molar-refractivity contribution in [3.8, 4) is 6.07 Å². The smallest absolute Gasteiger partial charge is 0.339 e. The summed E-state index contributed by atoms with van der Waals surface area (Å²) in [4.78, 5) is 15.2. The number of hydrogen-bond donors (Lipinski definition) is 0. The fourth-order valence-corrected chi connectivity index (χ4v) is 2.42. The molecule has 1 heterocycles. The number of carbonyl (C=O) groups excluding carboxylic acids is 1. The second kappa shape index (κ2) is 6.44. The van der Waals surface area contributed by atoms with Crippen LogP contribution in [0.2, 0.25) is 0 Å². The SMILES string of the molecule is CCC(C#N)(CC)C(=O)N1CCN(CC(F)(F)F)CC1. The summed E-state index contributed by atoms with van der Waals surface area (Å²) in [5.41, 5.74) is -1.04. The molecule has 1 fully saturated rings. The molecule has 1 aliphatic rings. The van der Waals surface area contributed by atoms with Gasteiger partial charge in [-0.2, -0.15) is 18.4 Å². The maximum absolute atomic E-state index is 12.4. The molecule has 0 saturated carbocycles. The Morgan fingerprint density at radius 2 is 1.65 bits per heavy atom. The second-order valence-electron chi connectivity index (χ2n) is 5.08. The lowest BCUT2D eigenvalue weighted by Crippen LogP contribution is -2.54. The highest BCUT2D eigenvalue weighted by atomic mass is 19.4. The van der Waals surface area contributed by atoms with E-state index in [1.165, 1.54) is 9.80 Å². The highest BCUT2D eigenvalue weighted by molar-refractivity contribution is 5.85. The van der Waals surface area contributed by atoms with Crippen molar-refractivity contribution in [3.05, 3.63) is 0 Å². The van der Waals surface area contributed by atoms with Crippen LogP contribution in [0.3, 0.4) is 0 Å². The van der Waals surface area contributed by atoms with E-state index in [1.54, 1.807) is 13.8 Å². The van der Waals surface area contributed by atoms with E-state index < -0.39 is 18.1 Å². The highest BCUT2D eigenvalue weighted by Crippen LogP contribution is 2.29. The summed E-state index contributed by atoms with van der Waals surface area (Å²) in [6.45, 7) is 3.51. The molecule has 0 unspecified atom stereocenters. The maximum atomic E-state index is 12.4. The molecule has 0 aliphatic carbocycles. The third-order valence-electron chi connectivity index (χ3n) is 3.89. The number of halogens is 3. The Hall–Kier alpha value is -1.29. The van der Waals surface area contributed by atoms with Gasteiger partial charge in [-0.15, -0.1) is 0 Å². The van der Waals surface area contributed by atoms with Crippen LogP contribution in [0.15, 0.2) is 0 Å². The van der Waals surface area contributed by atoms with E-state index >= 15 is 0 Å². The van der Waals surface area contributed by atoms with Crippen LogP contribution in [-0.2, 0) is 4.79 Å². The molecule has 0 aromatic heterocycles. The normalized spacial score (nSPS) is 17.9. The van der Waals surface area contributed by atoms with Gasteiger partial charge >= 0.3 is 6.18 Å². The minimum Gasteiger partial charge on any atom is -0.339 e. The Morgan fingerprint density at radius 3 is 2.00 bits per heavy atom. The predicted molar refractivity (Wildman–Crippen MR) is 67.7 cm³/mol. The minimum absolute atomic E-state index is 0.195. The van der Waals surface area contributed by atoms with Crippen molar-refractivity contribution in [2.75, 3.05) is 32.7 Å². The number of nitriles is 1. The first-order chi connectivity index (χ1) is 9.28. The predicted octanol–water partition coefficient (Wildman–Crippen LogP) is 2.02. The Morgan fingerprint density at radius 1 is 1.15 bits per heavy atom. The molecular weight excluding hydrogens is 271 g/mol. The van der Waals surface area contributed by atoms with Gasteiger partial charge in [-0.3, -0.25) is 9.69 Å². The van der Waals surface area contributed by atoms with Crippen LogP contribution in [0.1, 0.15) is 26.7 Å². The van der Waals surface area contributed by atoms with Crippen LogP contribution < -0.4 is 0 Å². The topological polar surface area (TPSA) is 47.3 Å². The van der Waals surface area contributed by atoms with Crippen molar-refractivity contribution in [1.29, 1.82) is 5.26 Å². The van der Waals surface area contributed by atoms with Gasteiger partial charge < -0.3 is 4.90 Å². The van der Waals surface area contributed by atoms with Gasteiger partial charge in [0.15, 0.2) is 0 Å². The number of carbonyl (C=O) groups is 1. The second-order valence-corrected chi connectivity index (χ2v) is 5.08. The van der Waals surface area contributed by atoms with Crippen LogP contribution in [0.25, 0.3) is 0 Å². The zero-order chi connectivity index (χ0) is 15.4. The summed E-state index contributed by atoms with van der Waals surface area (Å²) in [5.74, 6) is -0.253. The van der Waals surface area contributed by atoms with Crippen LogP contribution in [0.5, 0.6) is 0 Å². The van der Waals surface area contributed by atoms with Gasteiger partial charge in [-0.1, -0.05) is 13.8 Å². The molecule has 0 spiro atoms. The van der Waals surface area contributed by atoms with Crippen molar-refractivity contribution >= 4 is 5.91 Å². The van der Waals surface area contributed by atoms with E-state index in [2.05, 4.69) is 6.07 Å². The van der Waals surface area contributed by atoms with E-state index in [4.69, 9.17) is 0 Å². The third-order valence-corrected chi connectivity index (χ3v) is 3.89. The van der Waals surface area contributed by atoms with E-state index in [1.807, 2.05) is 0 Å². The molecule has 1 aliphatic heterocycles. The van der Waals surface area contributed by atoms with Crippen molar-refractivity contribution in [1.82, 2.24) is 9.80 Å². The van der Waals surface area contributed by atoms with E-state index in [0.717, 1.165) is 0 Å². The Balaban J connectivity index is 2.62. The van der Waals surface area contributed by atoms with Gasteiger partial charge in [0.1, 0.15) is 5.41 Å². The van der Waals surface area contributed by atoms with Crippen LogP contribution in [0, 0.1) is 16.7 Å². The van der Waals surface area contributed by atoms with Crippen molar-refractivity contribution < 1.29 is 18.0 Å². The molecule has 114 valence electrons. The molecule has 0 radical (unpaired) electrons. The monoisotopic (exact) mass is 291 g/mol. The zero-order valence-corrected chi connectivity index (χ0v) is 11.8. The Bertz CT molecular complexity index is 377. The molecule has 1 rings (SSSR count). The first kappa shape index (κ1) is 16.8. The molecule has 7 heteroatoms. The van der Waals surface area contributed by atoms with E-state index in [-0.39, 0.29) is 32.1 Å². The molecule has 0 N–H and O–H groups in total. The summed E-state index contributed by atoms with van der Waals surface area (Å²) in [6, 6.07) is 2.08. The lowest BCUT2D eigenvalue weighted by Gasteiger charge is -2.38. The summed E-state index contributed by atoms with van der Waals surface area (Å²) in [6.07, 6.45) is -3.38. The summed E-state index contributed by atoms with van der Waals surface area (Å²) < 4.78 is 36.9. The third kappa shape index (κ3) is 3.85. The largest absolute Gasteiger partial charge is 0.401 e. The number of hydrogen-bond acceptors (Lipinski definition) is 3. The number of amides is 1. The highest BCUT2D eigenvalue weighted by Gasteiger charge is 2.40. The quantitative estimate of drug-likeness (QED) is 0.796. The van der Waals surface area contributed by atoms with Crippen molar-refractivity contribution in [3.63, 3.8) is 0 Å². The number of rotatable bonds is 4. The lowest BCUT2D eigenvalue weighted by atomic mass is 9.82. The molecule has 1 amide bonds. The summed E-state index contributed by atoms with van der Waals surface area (Å²) in [7, 11) is 0. The molecule has 0 bridgehead atoms. The Labute approximate surface area is 117 Å². The number of alkyl halides is 3. The van der Waals surface area contributed by atoms with Crippen LogP contribution in [-0.4, -0.2) is 54.6 Å². The fourth-order valence-electron chi connectivity index (χ4n) is 2.42. The van der Waals surface area contributed by atoms with E-state index in [9.17, 15) is 23.2 Å². The Kier molecular flexibility index (Phi) is 5.40. The molecule has 0 aromatic carbocycles. The van der Waals surface area contributed by atoms with Gasteiger partial charge in [0, 0.05) is 26.2 Å². The van der Waals surface area contributed by atoms with Crippen LogP contribution in [0.4, 0.5) is 13.2 Å². The van der Waals surface area contributed by atoms with Crippen molar-refractivity contribution in [2.45, 2.75) is 32.9 Å². The molecule has 0 atom stereocenters. The minimum atomic E-state index is -4.21. The van der Waals surface area contributed by atoms with Gasteiger partial charge in [-0.25, -0.2) is 0 Å². The molecule has 1 saturated heterocycles. The lowest BCUT2D eigenvalue weighted by molar-refractivity contribution is -0.154. The number of piperazine rings is 1. The first-order valence-corrected chi connectivity index (χ1v) is 6.77. The van der Waals surface area contributed by atoms with Gasteiger partial charge in [0.25, 0.3) is 0 Å². The van der Waals surface area contributed by atoms with Crippen LogP contribution >= 0.6 is 0 Å². The van der Waals surface area contributed by atoms with Gasteiger partial charge in [0.05, 0.1) is 12.6 Å². The van der Waals surface area contributed by atoms with Gasteiger partial charge in [0.2, 0.25) is 5.91 Å². The molecule has 0 aromatic rings. The summed E-state index contributed by atoms with van der Waals surface area (Å²) >= 11 is 0. The zero-order valence-electron chi connectivity index (χ0n) is 11.8. The fraction of sp³-hybridized carbons (Fsp3) is 0.846. The first-order valence-electron chi connectivity index (χ1n) is 6.77. The standard InChI is InChI=1S/C13H20F3N3O/c1-3-12(4-2,9-17)11(20)19-7-5-18(6-8-19)10-13(14,15)16/h3-8,10H2,1-2H3. The molecule has 4 nitrogen and oxygen atoms in total. The summed E-state index contributed by atoms with van der Waals surface area (Å²) in [5, 5.41) is 9.23. The maximum Gasteiger partial charge on any atom is 0.401 e. The number of nitrogens with zero attached hydrogens (tertiary/aromatic N) is 3. The molecule has 20 heavy (non-hydrogen) atoms. The molecular formula is C13H20F3N3O. The average Bonchev–Trinajstić information content (AvgIpc) is 2.40. The average molecular weight is 291 g/mol. The van der Waals surface area contributed by atoms with Gasteiger partial charge in [-0.05, 0) is 12.8 Å². The van der Waals surface area contributed by atoms with E-state index in [0.29, 0.717) is 12.8 Å². The van der Waals surface area contributed by atoms with Crippen molar-refractivity contribution in [2.24, 2.45) is 5.41 Å².